The summed E-state index contributed by atoms with van der Waals surface area (Å²) >= 11 is 1.32. The van der Waals surface area contributed by atoms with Gasteiger partial charge in [-0.3, -0.25) is 4.79 Å². The van der Waals surface area contributed by atoms with Crippen molar-refractivity contribution < 1.29 is 14.7 Å². The maximum Gasteiger partial charge on any atom is 0.331 e. The van der Waals surface area contributed by atoms with Crippen LogP contribution in [0.4, 0.5) is 0 Å². The molecule has 18 heavy (non-hydrogen) atoms. The zero-order valence-electron chi connectivity index (χ0n) is 9.89. The van der Waals surface area contributed by atoms with Gasteiger partial charge in [-0.2, -0.15) is 0 Å². The highest BCUT2D eigenvalue weighted by Crippen LogP contribution is 2.27. The quantitative estimate of drug-likeness (QED) is 0.689. The number of nitrogens with one attached hydrogen (secondary N) is 2. The van der Waals surface area contributed by atoms with Crippen LogP contribution in [0.3, 0.4) is 0 Å². The van der Waals surface area contributed by atoms with Crippen LogP contribution < -0.4 is 10.6 Å². The van der Waals surface area contributed by atoms with Crippen LogP contribution in [-0.2, 0) is 9.59 Å². The summed E-state index contributed by atoms with van der Waals surface area (Å²) in [4.78, 5) is 23.4. The Balaban J connectivity index is 1.80. The lowest BCUT2D eigenvalue weighted by Crippen LogP contribution is -2.39. The van der Waals surface area contributed by atoms with Crippen molar-refractivity contribution in [3.63, 3.8) is 0 Å². The average molecular weight is 268 g/mol. The molecule has 0 spiro atoms. The molecule has 1 atom stereocenters. The number of hydrogen-bond acceptors (Lipinski definition) is 4. The Morgan fingerprint density at radius 2 is 2.28 bits per heavy atom. The van der Waals surface area contributed by atoms with Crippen molar-refractivity contribution in [2.45, 2.75) is 18.9 Å². The molecule has 1 aromatic heterocycles. The molecular weight excluding hydrogens is 252 g/mol. The minimum absolute atomic E-state index is 0.172. The molecule has 1 aromatic rings. The van der Waals surface area contributed by atoms with E-state index in [0.29, 0.717) is 10.8 Å². The van der Waals surface area contributed by atoms with Crippen LogP contribution in [0.5, 0.6) is 0 Å². The van der Waals surface area contributed by atoms with E-state index in [4.69, 9.17) is 5.11 Å². The standard InChI is InChI=1S/C12H16N2O3S/c15-10(7-13-6-8-3-4-8)14-11(12(16)17)9-2-1-5-18-9/h1-2,5,8,11,13H,3-4,6-7H2,(H,14,15)(H,16,17). The highest BCUT2D eigenvalue weighted by molar-refractivity contribution is 7.10. The Morgan fingerprint density at radius 1 is 1.50 bits per heavy atom. The first kappa shape index (κ1) is 13.0. The SMILES string of the molecule is O=C(CNCC1CC1)NC(C(=O)O)c1cccs1. The molecule has 0 aromatic carbocycles. The fraction of sp³-hybridized carbons (Fsp3) is 0.500. The van der Waals surface area contributed by atoms with Crippen molar-refractivity contribution in [3.8, 4) is 0 Å². The van der Waals surface area contributed by atoms with Gasteiger partial charge < -0.3 is 15.7 Å². The lowest BCUT2D eigenvalue weighted by Gasteiger charge is -2.13. The number of carboxylic acids is 1. The second-order valence-electron chi connectivity index (χ2n) is 4.43. The van der Waals surface area contributed by atoms with E-state index in [-0.39, 0.29) is 12.5 Å². The van der Waals surface area contributed by atoms with Gasteiger partial charge in [-0.05, 0) is 36.8 Å². The predicted octanol–water partition coefficient (Wildman–Crippen LogP) is 0.990. The summed E-state index contributed by atoms with van der Waals surface area (Å²) in [5.41, 5.74) is 0. The molecule has 1 amide bonds. The molecule has 1 aliphatic rings. The average Bonchev–Trinajstić information content (AvgIpc) is 2.99. The molecule has 1 saturated carbocycles. The fourth-order valence-electron chi connectivity index (χ4n) is 1.63. The number of rotatable bonds is 7. The van der Waals surface area contributed by atoms with Crippen molar-refractivity contribution in [2.24, 2.45) is 5.92 Å². The predicted molar refractivity (Wildman–Crippen MR) is 68.4 cm³/mol. The van der Waals surface area contributed by atoms with Gasteiger partial charge in [0, 0.05) is 4.88 Å². The van der Waals surface area contributed by atoms with Crippen molar-refractivity contribution in [2.75, 3.05) is 13.1 Å². The Bertz CT molecular complexity index is 415. The minimum atomic E-state index is -1.03. The molecule has 1 unspecified atom stereocenters. The Labute approximate surface area is 109 Å². The third-order valence-corrected chi connectivity index (χ3v) is 3.73. The molecule has 1 aliphatic carbocycles. The third kappa shape index (κ3) is 3.82. The number of carbonyl (C=O) groups is 2. The van der Waals surface area contributed by atoms with E-state index < -0.39 is 12.0 Å². The van der Waals surface area contributed by atoms with E-state index in [0.717, 1.165) is 6.54 Å². The molecular formula is C12H16N2O3S. The number of hydrogen-bond donors (Lipinski definition) is 3. The minimum Gasteiger partial charge on any atom is -0.479 e. The van der Waals surface area contributed by atoms with Crippen molar-refractivity contribution in [1.82, 2.24) is 10.6 Å². The van der Waals surface area contributed by atoms with Crippen LogP contribution in [0, 0.1) is 5.92 Å². The van der Waals surface area contributed by atoms with Crippen molar-refractivity contribution >= 4 is 23.2 Å². The number of carbonyl (C=O) groups excluding carboxylic acids is 1. The summed E-state index contributed by atoms with van der Waals surface area (Å²) in [5, 5.41) is 16.4. The summed E-state index contributed by atoms with van der Waals surface area (Å²) in [5.74, 6) is -0.616. The third-order valence-electron chi connectivity index (χ3n) is 2.80. The summed E-state index contributed by atoms with van der Waals surface area (Å²) < 4.78 is 0. The monoisotopic (exact) mass is 268 g/mol. The number of amides is 1. The van der Waals surface area contributed by atoms with Gasteiger partial charge in [-0.1, -0.05) is 6.07 Å². The van der Waals surface area contributed by atoms with Crippen LogP contribution in [0.2, 0.25) is 0 Å². The zero-order valence-corrected chi connectivity index (χ0v) is 10.7. The van der Waals surface area contributed by atoms with E-state index in [1.807, 2.05) is 0 Å². The van der Waals surface area contributed by atoms with Gasteiger partial charge in [0.25, 0.3) is 0 Å². The molecule has 0 aliphatic heterocycles. The molecule has 5 nitrogen and oxygen atoms in total. The highest BCUT2D eigenvalue weighted by Gasteiger charge is 2.24. The summed E-state index contributed by atoms with van der Waals surface area (Å²) in [6.45, 7) is 1.01. The van der Waals surface area contributed by atoms with Crippen molar-refractivity contribution in [3.05, 3.63) is 22.4 Å². The van der Waals surface area contributed by atoms with E-state index in [9.17, 15) is 9.59 Å². The summed E-state index contributed by atoms with van der Waals surface area (Å²) in [6, 6.07) is 2.54. The molecule has 0 saturated heterocycles. The van der Waals surface area contributed by atoms with Gasteiger partial charge in [0.1, 0.15) is 0 Å². The van der Waals surface area contributed by atoms with Gasteiger partial charge in [0.15, 0.2) is 6.04 Å². The topological polar surface area (TPSA) is 78.4 Å². The largest absolute Gasteiger partial charge is 0.479 e. The van der Waals surface area contributed by atoms with Gasteiger partial charge in [-0.25, -0.2) is 4.79 Å². The molecule has 3 N–H and O–H groups in total. The van der Waals surface area contributed by atoms with Crippen molar-refractivity contribution in [1.29, 1.82) is 0 Å². The van der Waals surface area contributed by atoms with Crippen LogP contribution >= 0.6 is 11.3 Å². The van der Waals surface area contributed by atoms with Crippen LogP contribution in [0.15, 0.2) is 17.5 Å². The molecule has 98 valence electrons. The fourth-order valence-corrected chi connectivity index (χ4v) is 2.40. The maximum absolute atomic E-state index is 11.6. The lowest BCUT2D eigenvalue weighted by atomic mass is 10.2. The second-order valence-corrected chi connectivity index (χ2v) is 5.41. The molecule has 2 rings (SSSR count). The first-order valence-corrected chi connectivity index (χ1v) is 6.81. The van der Waals surface area contributed by atoms with E-state index in [2.05, 4.69) is 10.6 Å². The summed E-state index contributed by atoms with van der Waals surface area (Å²) in [6.07, 6.45) is 2.45. The molecule has 0 bridgehead atoms. The molecule has 0 radical (unpaired) electrons. The summed E-state index contributed by atoms with van der Waals surface area (Å²) in [7, 11) is 0. The van der Waals surface area contributed by atoms with Crippen LogP contribution in [0.25, 0.3) is 0 Å². The Morgan fingerprint density at radius 3 is 2.83 bits per heavy atom. The maximum atomic E-state index is 11.6. The molecule has 1 fully saturated rings. The van der Waals surface area contributed by atoms with Gasteiger partial charge >= 0.3 is 5.97 Å². The molecule has 6 heteroatoms. The van der Waals surface area contributed by atoms with E-state index >= 15 is 0 Å². The van der Waals surface area contributed by atoms with Gasteiger partial charge in [-0.15, -0.1) is 11.3 Å². The highest BCUT2D eigenvalue weighted by atomic mass is 32.1. The van der Waals surface area contributed by atoms with E-state index in [1.54, 1.807) is 17.5 Å². The van der Waals surface area contributed by atoms with Gasteiger partial charge in [0.05, 0.1) is 6.54 Å². The molecule has 1 heterocycles. The Kier molecular flexibility index (Phi) is 4.33. The van der Waals surface area contributed by atoms with Crippen LogP contribution in [0.1, 0.15) is 23.8 Å². The normalized spacial score (nSPS) is 16.2. The lowest BCUT2D eigenvalue weighted by molar-refractivity contribution is -0.141. The number of aliphatic carboxylic acids is 1. The van der Waals surface area contributed by atoms with E-state index in [1.165, 1.54) is 24.2 Å². The zero-order chi connectivity index (χ0) is 13.0. The van der Waals surface area contributed by atoms with Crippen LogP contribution in [-0.4, -0.2) is 30.1 Å². The number of thiophene rings is 1. The smallest absolute Gasteiger partial charge is 0.331 e. The second kappa shape index (κ2) is 5.97. The Hall–Kier alpha value is -1.40. The first-order valence-electron chi connectivity index (χ1n) is 5.93. The van der Waals surface area contributed by atoms with Gasteiger partial charge in [0.2, 0.25) is 5.91 Å². The number of carboxylic acid groups (broad SMARTS) is 1. The first-order chi connectivity index (χ1) is 8.66.